The van der Waals surface area contributed by atoms with Crippen LogP contribution in [0.15, 0.2) is 42.5 Å². The van der Waals surface area contributed by atoms with E-state index in [9.17, 15) is 14.7 Å². The zero-order valence-corrected chi connectivity index (χ0v) is 22.5. The first-order chi connectivity index (χ1) is 17.8. The summed E-state index contributed by atoms with van der Waals surface area (Å²) in [7, 11) is 1.53. The third kappa shape index (κ3) is 12.0. The third-order valence-electron chi connectivity index (χ3n) is 5.09. The zero-order valence-electron chi connectivity index (χ0n) is 21.0. The molecule has 2 aromatic carbocycles. The Bertz CT molecular complexity index is 953. The molecule has 11 heteroatoms. The van der Waals surface area contributed by atoms with Crippen molar-refractivity contribution in [2.45, 2.75) is 26.1 Å². The number of carbonyl (C=O) groups excluding carboxylic acids is 1. The van der Waals surface area contributed by atoms with Gasteiger partial charge in [-0.1, -0.05) is 35.3 Å². The predicted octanol–water partition coefficient (Wildman–Crippen LogP) is 4.71. The lowest BCUT2D eigenvalue weighted by Crippen LogP contribution is -2.38. The monoisotopic (exact) mass is 557 g/mol. The van der Waals surface area contributed by atoms with Crippen LogP contribution in [0.3, 0.4) is 0 Å². The van der Waals surface area contributed by atoms with E-state index < -0.39 is 18.2 Å². The number of hydrogen-bond donors (Lipinski definition) is 1. The molecule has 0 aromatic heterocycles. The van der Waals surface area contributed by atoms with Crippen LogP contribution < -0.4 is 4.74 Å². The maximum absolute atomic E-state index is 12.5. The summed E-state index contributed by atoms with van der Waals surface area (Å²) in [6.07, 6.45) is -1.14. The van der Waals surface area contributed by atoms with Gasteiger partial charge >= 0.3 is 12.1 Å². The van der Waals surface area contributed by atoms with Crippen molar-refractivity contribution in [3.05, 3.63) is 63.6 Å². The minimum atomic E-state index is -1.00. The average Bonchev–Trinajstić information content (AvgIpc) is 2.85. The number of carbonyl (C=O) groups is 2. The fourth-order valence-electron chi connectivity index (χ4n) is 3.29. The van der Waals surface area contributed by atoms with Crippen molar-refractivity contribution in [2.24, 2.45) is 0 Å². The summed E-state index contributed by atoms with van der Waals surface area (Å²) in [5, 5.41) is 10.3. The van der Waals surface area contributed by atoms with Crippen LogP contribution in [0.1, 0.15) is 18.1 Å². The molecule has 0 aliphatic heterocycles. The van der Waals surface area contributed by atoms with Gasteiger partial charge in [0.1, 0.15) is 19.0 Å². The highest BCUT2D eigenvalue weighted by Gasteiger charge is 2.18. The minimum absolute atomic E-state index is 0.134. The molecule has 0 heterocycles. The van der Waals surface area contributed by atoms with Gasteiger partial charge in [0.05, 0.1) is 26.4 Å². The first kappa shape index (κ1) is 30.7. The van der Waals surface area contributed by atoms with Crippen molar-refractivity contribution < 1.29 is 38.4 Å². The molecular formula is C26H33Cl2NO8. The van der Waals surface area contributed by atoms with Gasteiger partial charge < -0.3 is 33.7 Å². The van der Waals surface area contributed by atoms with E-state index in [0.717, 1.165) is 11.1 Å². The molecular weight excluding hydrogens is 525 g/mol. The van der Waals surface area contributed by atoms with Gasteiger partial charge in [-0.2, -0.15) is 0 Å². The minimum Gasteiger partial charge on any atom is -0.492 e. The molecule has 2 rings (SSSR count). The van der Waals surface area contributed by atoms with E-state index in [-0.39, 0.29) is 39.3 Å². The Morgan fingerprint density at radius 1 is 0.946 bits per heavy atom. The maximum Gasteiger partial charge on any atom is 0.410 e. The summed E-state index contributed by atoms with van der Waals surface area (Å²) in [4.78, 5) is 25.3. The van der Waals surface area contributed by atoms with E-state index in [4.69, 9.17) is 46.9 Å². The van der Waals surface area contributed by atoms with Crippen LogP contribution in [-0.2, 0) is 36.8 Å². The molecule has 1 N–H and O–H groups in total. The second-order valence-electron chi connectivity index (χ2n) is 7.90. The van der Waals surface area contributed by atoms with Crippen LogP contribution in [0, 0.1) is 0 Å². The molecule has 0 spiro atoms. The van der Waals surface area contributed by atoms with E-state index in [1.807, 2.05) is 0 Å². The lowest BCUT2D eigenvalue weighted by molar-refractivity contribution is -0.149. The highest BCUT2D eigenvalue weighted by atomic mass is 35.5. The number of halogens is 2. The van der Waals surface area contributed by atoms with Crippen molar-refractivity contribution in [2.75, 3.05) is 53.2 Å². The molecule has 1 atom stereocenters. The number of nitrogens with zero attached hydrogens (tertiary/aromatic N) is 1. The number of aliphatic carboxylic acids is 1. The van der Waals surface area contributed by atoms with Gasteiger partial charge in [-0.3, -0.25) is 0 Å². The van der Waals surface area contributed by atoms with Gasteiger partial charge in [-0.25, -0.2) is 9.59 Å². The van der Waals surface area contributed by atoms with Gasteiger partial charge in [0.25, 0.3) is 0 Å². The van der Waals surface area contributed by atoms with Gasteiger partial charge in [0.15, 0.2) is 6.10 Å². The SMILES string of the molecule is CCOC(Cc1ccc(OCCN(CCOCc2cc(Cl)cc(Cl)c2)C(=O)OCCOC)cc1)C(=O)O. The van der Waals surface area contributed by atoms with Gasteiger partial charge in [-0.15, -0.1) is 0 Å². The molecule has 0 radical (unpaired) electrons. The Balaban J connectivity index is 1.85. The fraction of sp³-hybridized carbons (Fsp3) is 0.462. The van der Waals surface area contributed by atoms with Crippen LogP contribution in [0.25, 0.3) is 0 Å². The molecule has 1 unspecified atom stereocenters. The molecule has 0 fully saturated rings. The van der Waals surface area contributed by atoms with Crippen molar-refractivity contribution in [1.82, 2.24) is 4.90 Å². The van der Waals surface area contributed by atoms with Gasteiger partial charge in [0, 0.05) is 36.7 Å². The number of methoxy groups -OCH3 is 1. The number of carboxylic acid groups (broad SMARTS) is 1. The predicted molar refractivity (Wildman–Crippen MR) is 140 cm³/mol. The second kappa shape index (κ2) is 17.0. The lowest BCUT2D eigenvalue weighted by atomic mass is 10.1. The van der Waals surface area contributed by atoms with Crippen molar-refractivity contribution in [1.29, 1.82) is 0 Å². The Morgan fingerprint density at radius 2 is 1.62 bits per heavy atom. The number of ether oxygens (including phenoxy) is 5. The average molecular weight is 558 g/mol. The first-order valence-corrected chi connectivity index (χ1v) is 12.6. The normalized spacial score (nSPS) is 11.7. The number of carboxylic acids is 1. The van der Waals surface area contributed by atoms with Crippen molar-refractivity contribution in [3.8, 4) is 5.75 Å². The highest BCUT2D eigenvalue weighted by Crippen LogP contribution is 2.19. The van der Waals surface area contributed by atoms with E-state index in [1.165, 1.54) is 12.0 Å². The number of rotatable bonds is 17. The van der Waals surface area contributed by atoms with E-state index in [2.05, 4.69) is 0 Å². The fourth-order valence-corrected chi connectivity index (χ4v) is 3.86. The smallest absolute Gasteiger partial charge is 0.410 e. The molecule has 2 aromatic rings. The molecule has 0 aliphatic rings. The molecule has 1 amide bonds. The second-order valence-corrected chi connectivity index (χ2v) is 8.78. The van der Waals surface area contributed by atoms with E-state index in [0.29, 0.717) is 35.6 Å². The summed E-state index contributed by atoms with van der Waals surface area (Å²) in [5.41, 5.74) is 1.64. The first-order valence-electron chi connectivity index (χ1n) is 11.8. The van der Waals surface area contributed by atoms with Crippen LogP contribution >= 0.6 is 23.2 Å². The maximum atomic E-state index is 12.5. The van der Waals surface area contributed by atoms with Crippen LogP contribution in [0.4, 0.5) is 4.79 Å². The van der Waals surface area contributed by atoms with Gasteiger partial charge in [0.2, 0.25) is 0 Å². The molecule has 0 saturated heterocycles. The topological polar surface area (TPSA) is 104 Å². The zero-order chi connectivity index (χ0) is 27.0. The highest BCUT2D eigenvalue weighted by molar-refractivity contribution is 6.34. The summed E-state index contributed by atoms with van der Waals surface area (Å²) >= 11 is 12.0. The quantitative estimate of drug-likeness (QED) is 0.279. The van der Waals surface area contributed by atoms with Crippen LogP contribution in [-0.4, -0.2) is 81.4 Å². The Hall–Kier alpha value is -2.56. The summed E-state index contributed by atoms with van der Waals surface area (Å²) in [6, 6.07) is 12.3. The number of hydrogen-bond acceptors (Lipinski definition) is 7. The Morgan fingerprint density at radius 3 is 2.24 bits per heavy atom. The van der Waals surface area contributed by atoms with Gasteiger partial charge in [-0.05, 0) is 48.4 Å². The van der Waals surface area contributed by atoms with E-state index in [1.54, 1.807) is 49.4 Å². The third-order valence-corrected chi connectivity index (χ3v) is 5.52. The van der Waals surface area contributed by atoms with E-state index >= 15 is 0 Å². The molecule has 0 saturated carbocycles. The van der Waals surface area contributed by atoms with Crippen LogP contribution in [0.2, 0.25) is 10.0 Å². The molecule has 37 heavy (non-hydrogen) atoms. The number of benzene rings is 2. The molecule has 204 valence electrons. The van der Waals surface area contributed by atoms with Crippen LogP contribution in [0.5, 0.6) is 5.75 Å². The Kier molecular flexibility index (Phi) is 14.1. The summed E-state index contributed by atoms with van der Waals surface area (Å²) in [6.45, 7) is 3.84. The summed E-state index contributed by atoms with van der Waals surface area (Å²) in [5.74, 6) is -0.409. The standard InChI is InChI=1S/C26H33Cl2NO8/c1-3-35-24(25(30)31)16-19-4-6-23(7-5-19)36-11-9-29(26(32)37-13-12-33-2)8-10-34-18-20-14-21(27)17-22(28)15-20/h4-7,14-15,17,24H,3,8-13,16,18H2,1-2H3,(H,30,31). The molecule has 0 bridgehead atoms. The van der Waals surface area contributed by atoms with Crippen molar-refractivity contribution >= 4 is 35.3 Å². The molecule has 9 nitrogen and oxygen atoms in total. The number of amides is 1. The lowest BCUT2D eigenvalue weighted by Gasteiger charge is -2.22. The molecule has 0 aliphatic carbocycles. The Labute approximate surface area is 227 Å². The largest absolute Gasteiger partial charge is 0.492 e. The summed E-state index contributed by atoms with van der Waals surface area (Å²) < 4.78 is 26.9. The van der Waals surface area contributed by atoms with Crippen molar-refractivity contribution in [3.63, 3.8) is 0 Å².